The Labute approximate surface area is 132 Å². The average Bonchev–Trinajstić information content (AvgIpc) is 2.54. The number of carboxylic acid groups (broad SMARTS) is 1. The Bertz CT molecular complexity index is 723. The minimum Gasteiger partial charge on any atom is -0.479 e. The van der Waals surface area contributed by atoms with Crippen LogP contribution in [0.5, 0.6) is 5.75 Å². The van der Waals surface area contributed by atoms with E-state index in [1.54, 1.807) is 42.6 Å². The summed E-state index contributed by atoms with van der Waals surface area (Å²) >= 11 is 0. The second-order valence-corrected chi connectivity index (χ2v) is 4.70. The molecule has 1 N–H and O–H groups in total. The van der Waals surface area contributed by atoms with Crippen LogP contribution in [-0.4, -0.2) is 28.3 Å². The van der Waals surface area contributed by atoms with Crippen molar-refractivity contribution in [3.05, 3.63) is 64.2 Å². The highest BCUT2D eigenvalue weighted by Gasteiger charge is 2.11. The number of benzene rings is 2. The van der Waals surface area contributed by atoms with Crippen molar-refractivity contribution in [2.75, 3.05) is 0 Å². The molecule has 2 aromatic carbocycles. The zero-order valence-electron chi connectivity index (χ0n) is 12.2. The van der Waals surface area contributed by atoms with Gasteiger partial charge >= 0.3 is 5.97 Å². The summed E-state index contributed by atoms with van der Waals surface area (Å²) in [6, 6.07) is 12.7. The van der Waals surface area contributed by atoms with Crippen LogP contribution in [-0.2, 0) is 4.79 Å². The van der Waals surface area contributed by atoms with Crippen LogP contribution in [0.4, 0.5) is 11.4 Å². The number of hydrogen-bond donors (Lipinski definition) is 1. The standard InChI is InChI=1S/C16H14N2O5/c1-11(16(19)20)23-15-8-2-12(3-9-15)10-17-13-4-6-14(7-5-13)18(21)22/h2-11H,1H3,(H,19,20)/t11-/m0/s1. The minimum atomic E-state index is -1.03. The molecule has 0 radical (unpaired) electrons. The fourth-order valence-corrected chi connectivity index (χ4v) is 1.70. The molecule has 0 amide bonds. The van der Waals surface area contributed by atoms with Crippen LogP contribution in [0.15, 0.2) is 53.5 Å². The Kier molecular flexibility index (Phi) is 5.03. The quantitative estimate of drug-likeness (QED) is 0.501. The Morgan fingerprint density at radius 2 is 1.83 bits per heavy atom. The van der Waals surface area contributed by atoms with Gasteiger partial charge < -0.3 is 9.84 Å². The van der Waals surface area contributed by atoms with Crippen molar-refractivity contribution in [3.63, 3.8) is 0 Å². The molecule has 0 aliphatic carbocycles. The zero-order valence-corrected chi connectivity index (χ0v) is 12.2. The Morgan fingerprint density at radius 3 is 2.35 bits per heavy atom. The lowest BCUT2D eigenvalue weighted by Crippen LogP contribution is -2.22. The Hall–Kier alpha value is -3.22. The molecule has 0 aromatic heterocycles. The summed E-state index contributed by atoms with van der Waals surface area (Å²) in [7, 11) is 0. The van der Waals surface area contributed by atoms with E-state index in [-0.39, 0.29) is 5.69 Å². The third-order valence-corrected chi connectivity index (χ3v) is 2.96. The molecule has 0 aliphatic heterocycles. The topological polar surface area (TPSA) is 102 Å². The summed E-state index contributed by atoms with van der Waals surface area (Å²) in [6.45, 7) is 1.45. The van der Waals surface area contributed by atoms with E-state index in [0.717, 1.165) is 5.56 Å². The zero-order chi connectivity index (χ0) is 16.8. The van der Waals surface area contributed by atoms with Crippen molar-refractivity contribution in [1.82, 2.24) is 0 Å². The number of ether oxygens (including phenoxy) is 1. The Morgan fingerprint density at radius 1 is 1.22 bits per heavy atom. The first-order valence-corrected chi connectivity index (χ1v) is 6.74. The first-order chi connectivity index (χ1) is 11.0. The van der Waals surface area contributed by atoms with Crippen LogP contribution in [0.1, 0.15) is 12.5 Å². The van der Waals surface area contributed by atoms with Gasteiger partial charge in [0.1, 0.15) is 5.75 Å². The number of hydrogen-bond acceptors (Lipinski definition) is 5. The van der Waals surface area contributed by atoms with E-state index in [2.05, 4.69) is 4.99 Å². The van der Waals surface area contributed by atoms with Gasteiger partial charge in [0.25, 0.3) is 5.69 Å². The highest BCUT2D eigenvalue weighted by molar-refractivity contribution is 5.82. The number of aliphatic imine (C=N–C) groups is 1. The van der Waals surface area contributed by atoms with E-state index < -0.39 is 17.0 Å². The van der Waals surface area contributed by atoms with Crippen molar-refractivity contribution in [1.29, 1.82) is 0 Å². The highest BCUT2D eigenvalue weighted by Crippen LogP contribution is 2.18. The maximum Gasteiger partial charge on any atom is 0.344 e. The summed E-state index contributed by atoms with van der Waals surface area (Å²) in [5, 5.41) is 19.3. The molecule has 0 saturated heterocycles. The van der Waals surface area contributed by atoms with Crippen molar-refractivity contribution in [2.45, 2.75) is 13.0 Å². The number of nitro groups is 1. The number of nitrogens with zero attached hydrogens (tertiary/aromatic N) is 2. The molecule has 23 heavy (non-hydrogen) atoms. The molecule has 0 fully saturated rings. The molecule has 7 nitrogen and oxygen atoms in total. The minimum absolute atomic E-state index is 0.0120. The molecule has 0 spiro atoms. The number of non-ortho nitro benzene ring substituents is 1. The van der Waals surface area contributed by atoms with Crippen LogP contribution in [0.25, 0.3) is 0 Å². The van der Waals surface area contributed by atoms with Gasteiger partial charge in [-0.1, -0.05) is 0 Å². The molecular weight excluding hydrogens is 300 g/mol. The molecule has 118 valence electrons. The second-order valence-electron chi connectivity index (χ2n) is 4.70. The molecule has 1 atom stereocenters. The maximum atomic E-state index is 10.7. The number of aliphatic carboxylic acids is 1. The molecule has 0 aliphatic rings. The van der Waals surface area contributed by atoms with Crippen LogP contribution < -0.4 is 4.74 Å². The molecule has 0 unspecified atom stereocenters. The predicted molar refractivity (Wildman–Crippen MR) is 84.5 cm³/mol. The lowest BCUT2D eigenvalue weighted by atomic mass is 10.2. The van der Waals surface area contributed by atoms with Crippen LogP contribution in [0.2, 0.25) is 0 Å². The third kappa shape index (κ3) is 4.63. The van der Waals surface area contributed by atoms with Gasteiger partial charge in [-0.3, -0.25) is 15.1 Å². The SMILES string of the molecule is C[C@H](Oc1ccc(C=Nc2ccc([N+](=O)[O-])cc2)cc1)C(=O)O. The molecule has 0 saturated carbocycles. The maximum absolute atomic E-state index is 10.7. The monoisotopic (exact) mass is 314 g/mol. The number of carboxylic acids is 1. The van der Waals surface area contributed by atoms with Crippen LogP contribution in [0.3, 0.4) is 0 Å². The van der Waals surface area contributed by atoms with Crippen molar-refractivity contribution in [3.8, 4) is 5.75 Å². The van der Waals surface area contributed by atoms with Crippen molar-refractivity contribution in [2.24, 2.45) is 4.99 Å². The van der Waals surface area contributed by atoms with E-state index >= 15 is 0 Å². The number of carbonyl (C=O) groups is 1. The molecular formula is C16H14N2O5. The van der Waals surface area contributed by atoms with E-state index in [1.807, 2.05) is 0 Å². The van der Waals surface area contributed by atoms with Gasteiger partial charge in [-0.15, -0.1) is 0 Å². The largest absolute Gasteiger partial charge is 0.479 e. The average molecular weight is 314 g/mol. The van der Waals surface area contributed by atoms with Gasteiger partial charge in [0.05, 0.1) is 10.6 Å². The van der Waals surface area contributed by atoms with Gasteiger partial charge in [0.15, 0.2) is 6.10 Å². The smallest absolute Gasteiger partial charge is 0.344 e. The van der Waals surface area contributed by atoms with E-state index in [1.165, 1.54) is 19.1 Å². The lowest BCUT2D eigenvalue weighted by molar-refractivity contribution is -0.384. The van der Waals surface area contributed by atoms with E-state index in [0.29, 0.717) is 11.4 Å². The fourth-order valence-electron chi connectivity index (χ4n) is 1.70. The van der Waals surface area contributed by atoms with Crippen LogP contribution >= 0.6 is 0 Å². The third-order valence-electron chi connectivity index (χ3n) is 2.96. The predicted octanol–water partition coefficient (Wildman–Crippen LogP) is 3.20. The van der Waals surface area contributed by atoms with Gasteiger partial charge in [0.2, 0.25) is 0 Å². The van der Waals surface area contributed by atoms with Gasteiger partial charge in [0, 0.05) is 18.3 Å². The van der Waals surface area contributed by atoms with Gasteiger partial charge in [-0.05, 0) is 48.9 Å². The highest BCUT2D eigenvalue weighted by atomic mass is 16.6. The summed E-state index contributed by atoms with van der Waals surface area (Å²) in [6.07, 6.45) is 0.681. The molecule has 2 aromatic rings. The van der Waals surface area contributed by atoms with Crippen molar-refractivity contribution >= 4 is 23.6 Å². The lowest BCUT2D eigenvalue weighted by Gasteiger charge is -2.09. The van der Waals surface area contributed by atoms with Gasteiger partial charge in [-0.25, -0.2) is 4.79 Å². The number of nitro benzene ring substituents is 1. The number of rotatable bonds is 6. The summed E-state index contributed by atoms with van der Waals surface area (Å²) in [5.74, 6) is -0.582. The second kappa shape index (κ2) is 7.17. The summed E-state index contributed by atoms with van der Waals surface area (Å²) < 4.78 is 5.22. The van der Waals surface area contributed by atoms with E-state index in [9.17, 15) is 14.9 Å². The molecule has 0 bridgehead atoms. The fraction of sp³-hybridized carbons (Fsp3) is 0.125. The van der Waals surface area contributed by atoms with Crippen molar-refractivity contribution < 1.29 is 19.6 Å². The Balaban J connectivity index is 2.02. The van der Waals surface area contributed by atoms with Crippen LogP contribution in [0, 0.1) is 10.1 Å². The molecule has 2 rings (SSSR count). The first-order valence-electron chi connectivity index (χ1n) is 6.74. The summed E-state index contributed by atoms with van der Waals surface area (Å²) in [4.78, 5) is 25.0. The normalized spacial score (nSPS) is 12.0. The molecule has 0 heterocycles. The van der Waals surface area contributed by atoms with Gasteiger partial charge in [-0.2, -0.15) is 0 Å². The summed E-state index contributed by atoms with van der Waals surface area (Å²) in [5.41, 5.74) is 1.40. The van der Waals surface area contributed by atoms with E-state index in [4.69, 9.17) is 9.84 Å². The first kappa shape index (κ1) is 16.2. The molecule has 7 heteroatoms.